The number of rotatable bonds is 3. The Labute approximate surface area is 100 Å². The maximum Gasteiger partial charge on any atom is 0.389 e. The third-order valence-corrected chi connectivity index (χ3v) is 2.53. The van der Waals surface area contributed by atoms with Crippen LogP contribution in [0.4, 0.5) is 13.2 Å². The number of alkyl halides is 3. The van der Waals surface area contributed by atoms with E-state index in [1.807, 2.05) is 0 Å². The van der Waals surface area contributed by atoms with E-state index in [1.54, 1.807) is 0 Å². The van der Waals surface area contributed by atoms with Crippen molar-refractivity contribution in [2.75, 3.05) is 0 Å². The second-order valence-corrected chi connectivity index (χ2v) is 3.95. The molecule has 0 bridgehead atoms. The Morgan fingerprint density at radius 1 is 1.31 bits per heavy atom. The van der Waals surface area contributed by atoms with Crippen molar-refractivity contribution in [3.63, 3.8) is 0 Å². The van der Waals surface area contributed by atoms with Gasteiger partial charge in [-0.2, -0.15) is 13.2 Å². The lowest BCUT2D eigenvalue weighted by Crippen LogP contribution is -2.08. The number of aryl methyl sites for hydroxylation is 1. The highest BCUT2D eigenvalue weighted by Crippen LogP contribution is 2.26. The van der Waals surface area contributed by atoms with Crippen LogP contribution >= 0.6 is 23.2 Å². The zero-order chi connectivity index (χ0) is 12.3. The molecule has 0 spiro atoms. The summed E-state index contributed by atoms with van der Waals surface area (Å²) >= 11 is 10.9. The molecule has 0 heterocycles. The van der Waals surface area contributed by atoms with Crippen LogP contribution in [0.1, 0.15) is 22.3 Å². The molecule has 88 valence electrons. The molecule has 0 fully saturated rings. The number of carbonyl (C=O) groups is 1. The fourth-order valence-corrected chi connectivity index (χ4v) is 1.54. The summed E-state index contributed by atoms with van der Waals surface area (Å²) < 4.78 is 35.9. The van der Waals surface area contributed by atoms with Gasteiger partial charge < -0.3 is 0 Å². The Morgan fingerprint density at radius 3 is 2.38 bits per heavy atom. The van der Waals surface area contributed by atoms with Gasteiger partial charge in [0.25, 0.3) is 5.24 Å². The normalized spacial score (nSPS) is 11.6. The van der Waals surface area contributed by atoms with Gasteiger partial charge in [-0.15, -0.1) is 0 Å². The summed E-state index contributed by atoms with van der Waals surface area (Å²) in [4.78, 5) is 10.8. The molecule has 0 radical (unpaired) electrons. The largest absolute Gasteiger partial charge is 0.389 e. The summed E-state index contributed by atoms with van der Waals surface area (Å²) in [6.07, 6.45) is -5.37. The summed E-state index contributed by atoms with van der Waals surface area (Å²) in [5.41, 5.74) is 0.517. The number of benzene rings is 1. The molecule has 0 unspecified atom stereocenters. The first-order chi connectivity index (χ1) is 7.29. The smallest absolute Gasteiger partial charge is 0.276 e. The summed E-state index contributed by atoms with van der Waals surface area (Å²) in [7, 11) is 0. The second kappa shape index (κ2) is 5.06. The maximum absolute atomic E-state index is 12.0. The minimum atomic E-state index is -4.22. The van der Waals surface area contributed by atoms with E-state index in [1.165, 1.54) is 18.2 Å². The highest BCUT2D eigenvalue weighted by atomic mass is 35.5. The standard InChI is InChI=1S/C10H7Cl2F3O/c11-8-5-7(9(12)16)2-1-6(8)3-4-10(13,14)15/h1-2,5H,3-4H2. The van der Waals surface area contributed by atoms with Gasteiger partial charge in [0.2, 0.25) is 0 Å². The molecule has 6 heteroatoms. The van der Waals surface area contributed by atoms with Gasteiger partial charge in [0, 0.05) is 17.0 Å². The van der Waals surface area contributed by atoms with Crippen molar-refractivity contribution in [1.29, 1.82) is 0 Å². The van der Waals surface area contributed by atoms with E-state index in [-0.39, 0.29) is 17.0 Å². The molecular weight excluding hydrogens is 264 g/mol. The SMILES string of the molecule is O=C(Cl)c1ccc(CCC(F)(F)F)c(Cl)c1. The Morgan fingerprint density at radius 2 is 1.94 bits per heavy atom. The van der Waals surface area contributed by atoms with Crippen molar-refractivity contribution in [3.8, 4) is 0 Å². The van der Waals surface area contributed by atoms with E-state index in [0.717, 1.165) is 0 Å². The first kappa shape index (κ1) is 13.3. The molecule has 0 N–H and O–H groups in total. The number of halogens is 5. The van der Waals surface area contributed by atoms with Gasteiger partial charge in [-0.25, -0.2) is 0 Å². The lowest BCUT2D eigenvalue weighted by molar-refractivity contribution is -0.133. The van der Waals surface area contributed by atoms with Crippen molar-refractivity contribution >= 4 is 28.4 Å². The molecule has 0 atom stereocenters. The molecule has 0 aliphatic carbocycles. The number of hydrogen-bond acceptors (Lipinski definition) is 1. The van der Waals surface area contributed by atoms with Crippen LogP contribution in [0.2, 0.25) is 5.02 Å². The van der Waals surface area contributed by atoms with Gasteiger partial charge in [-0.3, -0.25) is 4.79 Å². The molecule has 0 aliphatic heterocycles. The van der Waals surface area contributed by atoms with Crippen LogP contribution in [0.25, 0.3) is 0 Å². The predicted molar refractivity (Wildman–Crippen MR) is 56.0 cm³/mol. The number of carbonyl (C=O) groups excluding carboxylic acids is 1. The summed E-state index contributed by atoms with van der Waals surface area (Å²) in [6.45, 7) is 0. The van der Waals surface area contributed by atoms with Gasteiger partial charge in [0.05, 0.1) is 0 Å². The minimum absolute atomic E-state index is 0.121. The van der Waals surface area contributed by atoms with E-state index >= 15 is 0 Å². The Balaban J connectivity index is 2.80. The summed E-state index contributed by atoms with van der Waals surface area (Å²) in [6, 6.07) is 4.00. The van der Waals surface area contributed by atoms with Crippen molar-refractivity contribution in [1.82, 2.24) is 0 Å². The first-order valence-electron chi connectivity index (χ1n) is 4.34. The third kappa shape index (κ3) is 4.02. The lowest BCUT2D eigenvalue weighted by Gasteiger charge is -2.08. The summed E-state index contributed by atoms with van der Waals surface area (Å²) in [5, 5.41) is -0.569. The fraction of sp³-hybridized carbons (Fsp3) is 0.300. The average molecular weight is 271 g/mol. The van der Waals surface area contributed by atoms with Crippen molar-refractivity contribution in [3.05, 3.63) is 34.3 Å². The topological polar surface area (TPSA) is 17.1 Å². The molecule has 1 aromatic rings. The van der Waals surface area contributed by atoms with Crippen LogP contribution in [-0.4, -0.2) is 11.4 Å². The Bertz CT molecular complexity index is 402. The lowest BCUT2D eigenvalue weighted by atomic mass is 10.1. The molecule has 0 amide bonds. The predicted octanol–water partition coefficient (Wildman–Crippen LogP) is 4.21. The Hall–Kier alpha value is -0.740. The van der Waals surface area contributed by atoms with Gasteiger partial charge >= 0.3 is 6.18 Å². The van der Waals surface area contributed by atoms with Crippen molar-refractivity contribution < 1.29 is 18.0 Å². The van der Waals surface area contributed by atoms with Crippen LogP contribution in [-0.2, 0) is 6.42 Å². The van der Waals surface area contributed by atoms with Crippen LogP contribution in [0.3, 0.4) is 0 Å². The zero-order valence-electron chi connectivity index (χ0n) is 7.94. The molecule has 0 aliphatic rings. The van der Waals surface area contributed by atoms with E-state index in [4.69, 9.17) is 23.2 Å². The molecule has 0 aromatic heterocycles. The minimum Gasteiger partial charge on any atom is -0.276 e. The van der Waals surface area contributed by atoms with Crippen LogP contribution in [0.5, 0.6) is 0 Å². The van der Waals surface area contributed by atoms with Gasteiger partial charge in [-0.05, 0) is 35.7 Å². The Kier molecular flexibility index (Phi) is 4.21. The highest BCUT2D eigenvalue weighted by Gasteiger charge is 2.26. The molecular formula is C10H7Cl2F3O. The summed E-state index contributed by atoms with van der Waals surface area (Å²) in [5.74, 6) is 0. The molecule has 1 rings (SSSR count). The van der Waals surface area contributed by atoms with Crippen molar-refractivity contribution in [2.45, 2.75) is 19.0 Å². The molecule has 1 aromatic carbocycles. The number of hydrogen-bond donors (Lipinski definition) is 0. The monoisotopic (exact) mass is 270 g/mol. The quantitative estimate of drug-likeness (QED) is 0.752. The molecule has 16 heavy (non-hydrogen) atoms. The average Bonchev–Trinajstić information content (AvgIpc) is 2.14. The molecule has 1 nitrogen and oxygen atoms in total. The van der Waals surface area contributed by atoms with E-state index < -0.39 is 17.8 Å². The highest BCUT2D eigenvalue weighted by molar-refractivity contribution is 6.67. The van der Waals surface area contributed by atoms with E-state index in [0.29, 0.717) is 5.56 Å². The second-order valence-electron chi connectivity index (χ2n) is 3.20. The van der Waals surface area contributed by atoms with Crippen LogP contribution in [0.15, 0.2) is 18.2 Å². The molecule has 0 saturated carbocycles. The first-order valence-corrected chi connectivity index (χ1v) is 5.10. The maximum atomic E-state index is 12.0. The van der Waals surface area contributed by atoms with E-state index in [9.17, 15) is 18.0 Å². The van der Waals surface area contributed by atoms with Gasteiger partial charge in [0.15, 0.2) is 0 Å². The van der Waals surface area contributed by atoms with E-state index in [2.05, 4.69) is 0 Å². The van der Waals surface area contributed by atoms with Crippen LogP contribution < -0.4 is 0 Å². The van der Waals surface area contributed by atoms with Gasteiger partial charge in [0.1, 0.15) is 0 Å². The fourth-order valence-electron chi connectivity index (χ4n) is 1.15. The zero-order valence-corrected chi connectivity index (χ0v) is 9.46. The molecule has 0 saturated heterocycles. The van der Waals surface area contributed by atoms with Gasteiger partial charge in [-0.1, -0.05) is 17.7 Å². The van der Waals surface area contributed by atoms with Crippen molar-refractivity contribution in [2.24, 2.45) is 0 Å². The third-order valence-electron chi connectivity index (χ3n) is 1.96. The van der Waals surface area contributed by atoms with Crippen LogP contribution in [0, 0.1) is 0 Å².